The zero-order valence-electron chi connectivity index (χ0n) is 14.8. The summed E-state index contributed by atoms with van der Waals surface area (Å²) in [5.74, 6) is 0.556. The molecule has 0 bridgehead atoms. The molecule has 2 rings (SSSR count). The third-order valence-electron chi connectivity index (χ3n) is 3.56. The lowest BCUT2D eigenvalue weighted by Crippen LogP contribution is -2.41. The Morgan fingerprint density at radius 3 is 2.41 bits per heavy atom. The number of ether oxygens (including phenoxy) is 1. The van der Waals surface area contributed by atoms with Crippen LogP contribution in [0.2, 0.25) is 10.0 Å². The third kappa shape index (κ3) is 6.39. The Hall–Kier alpha value is -1.80. The molecule has 0 spiro atoms. The molecule has 0 aromatic heterocycles. The minimum absolute atomic E-state index is 0.0101. The molecule has 0 aliphatic carbocycles. The zero-order chi connectivity index (χ0) is 20.0. The van der Waals surface area contributed by atoms with Crippen molar-refractivity contribution >= 4 is 39.1 Å². The first-order chi connectivity index (χ1) is 12.7. The summed E-state index contributed by atoms with van der Waals surface area (Å²) in [4.78, 5) is 13.9. The fourth-order valence-corrected chi connectivity index (χ4v) is 3.64. The minimum Gasteiger partial charge on any atom is -0.494 e. The van der Waals surface area contributed by atoms with E-state index < -0.39 is 15.9 Å². The van der Waals surface area contributed by atoms with E-state index in [9.17, 15) is 13.2 Å². The number of carbonyl (C=O) groups excluding carboxylic acids is 1. The smallest absolute Gasteiger partial charge is 0.266 e. The number of hydrogen-bond donors (Lipinski definition) is 2. The largest absolute Gasteiger partial charge is 0.494 e. The van der Waals surface area contributed by atoms with Gasteiger partial charge in [0, 0.05) is 10.6 Å². The van der Waals surface area contributed by atoms with Crippen molar-refractivity contribution < 1.29 is 17.9 Å². The van der Waals surface area contributed by atoms with Crippen molar-refractivity contribution in [2.45, 2.75) is 25.2 Å². The van der Waals surface area contributed by atoms with E-state index in [4.69, 9.17) is 27.9 Å². The first kappa shape index (κ1) is 21.5. The molecule has 2 aromatic rings. The van der Waals surface area contributed by atoms with Gasteiger partial charge >= 0.3 is 0 Å². The van der Waals surface area contributed by atoms with Gasteiger partial charge in [0.05, 0.1) is 11.6 Å². The molecule has 0 saturated heterocycles. The summed E-state index contributed by atoms with van der Waals surface area (Å²) in [6, 6.07) is 10.4. The number of benzene rings is 2. The van der Waals surface area contributed by atoms with E-state index >= 15 is 0 Å². The Bertz CT molecular complexity index is 900. The van der Waals surface area contributed by atoms with Crippen LogP contribution in [0.3, 0.4) is 0 Å². The number of hydrazine groups is 1. The predicted octanol–water partition coefficient (Wildman–Crippen LogP) is 4.04. The van der Waals surface area contributed by atoms with Gasteiger partial charge in [0.1, 0.15) is 10.6 Å². The molecule has 2 N–H and O–H groups in total. The van der Waals surface area contributed by atoms with Crippen LogP contribution in [0.15, 0.2) is 47.4 Å². The lowest BCUT2D eigenvalue weighted by atomic mass is 10.1. The molecule has 1 amide bonds. The van der Waals surface area contributed by atoms with Crippen LogP contribution in [0.5, 0.6) is 5.75 Å². The Kier molecular flexibility index (Phi) is 7.49. The van der Waals surface area contributed by atoms with Crippen molar-refractivity contribution in [3.63, 3.8) is 0 Å². The average molecular weight is 431 g/mol. The van der Waals surface area contributed by atoms with Crippen molar-refractivity contribution in [1.29, 1.82) is 0 Å². The second-order valence-electron chi connectivity index (χ2n) is 6.19. The second kappa shape index (κ2) is 9.41. The number of carbonyl (C=O) groups is 1. The first-order valence-corrected chi connectivity index (χ1v) is 10.4. The van der Waals surface area contributed by atoms with Gasteiger partial charge in [0.25, 0.3) is 15.9 Å². The lowest BCUT2D eigenvalue weighted by Gasteiger charge is -2.11. The van der Waals surface area contributed by atoms with Crippen molar-refractivity contribution in [1.82, 2.24) is 10.3 Å². The molecule has 0 atom stereocenters. The van der Waals surface area contributed by atoms with Gasteiger partial charge in [-0.2, -0.15) is 0 Å². The SMILES string of the molecule is CC(C)CCOc1ccc(C(=O)NNS(=O)(=O)c2cc(Cl)ccc2Cl)cc1. The fourth-order valence-electron chi connectivity index (χ4n) is 2.04. The molecule has 0 unspecified atom stereocenters. The molecule has 9 heteroatoms. The quantitative estimate of drug-likeness (QED) is 0.618. The molecule has 0 aliphatic heterocycles. The second-order valence-corrected chi connectivity index (χ2v) is 8.68. The highest BCUT2D eigenvalue weighted by molar-refractivity contribution is 7.89. The number of nitrogens with one attached hydrogen (secondary N) is 2. The van der Waals surface area contributed by atoms with Crippen LogP contribution in [-0.4, -0.2) is 20.9 Å². The fraction of sp³-hybridized carbons (Fsp3) is 0.278. The maximum Gasteiger partial charge on any atom is 0.266 e. The molecule has 146 valence electrons. The zero-order valence-corrected chi connectivity index (χ0v) is 17.2. The summed E-state index contributed by atoms with van der Waals surface area (Å²) >= 11 is 11.7. The first-order valence-electron chi connectivity index (χ1n) is 8.19. The number of hydrogen-bond acceptors (Lipinski definition) is 4. The topological polar surface area (TPSA) is 84.5 Å². The highest BCUT2D eigenvalue weighted by Gasteiger charge is 2.19. The van der Waals surface area contributed by atoms with Gasteiger partial charge in [-0.15, -0.1) is 4.83 Å². The standard InChI is InChI=1S/C18H20Cl2N2O4S/c1-12(2)9-10-26-15-6-3-13(4-7-15)18(23)21-22-27(24,25)17-11-14(19)5-8-16(17)20/h3-8,11-12,22H,9-10H2,1-2H3,(H,21,23). The third-order valence-corrected chi connectivity index (χ3v) is 5.53. The van der Waals surface area contributed by atoms with E-state index in [1.807, 2.05) is 4.83 Å². The summed E-state index contributed by atoms with van der Waals surface area (Å²) in [5, 5.41) is 0.197. The monoisotopic (exact) mass is 430 g/mol. The Labute approximate surface area is 168 Å². The Morgan fingerprint density at radius 2 is 1.78 bits per heavy atom. The molecule has 0 heterocycles. The van der Waals surface area contributed by atoms with E-state index in [-0.39, 0.29) is 20.5 Å². The van der Waals surface area contributed by atoms with Gasteiger partial charge in [-0.3, -0.25) is 10.2 Å². The van der Waals surface area contributed by atoms with Crippen molar-refractivity contribution in [2.75, 3.05) is 6.61 Å². The molecule has 27 heavy (non-hydrogen) atoms. The van der Waals surface area contributed by atoms with Crippen LogP contribution in [0.1, 0.15) is 30.6 Å². The minimum atomic E-state index is -4.07. The molecule has 0 saturated carbocycles. The van der Waals surface area contributed by atoms with Gasteiger partial charge in [-0.1, -0.05) is 37.0 Å². The van der Waals surface area contributed by atoms with Crippen LogP contribution in [0, 0.1) is 5.92 Å². The van der Waals surface area contributed by atoms with Gasteiger partial charge in [-0.05, 0) is 54.8 Å². The van der Waals surface area contributed by atoms with Crippen LogP contribution in [0.25, 0.3) is 0 Å². The van der Waals surface area contributed by atoms with Crippen LogP contribution in [-0.2, 0) is 10.0 Å². The van der Waals surface area contributed by atoms with E-state index in [0.29, 0.717) is 18.3 Å². The van der Waals surface area contributed by atoms with Crippen LogP contribution in [0.4, 0.5) is 0 Å². The van der Waals surface area contributed by atoms with Crippen LogP contribution >= 0.6 is 23.2 Å². The average Bonchev–Trinajstić information content (AvgIpc) is 2.62. The summed E-state index contributed by atoms with van der Waals surface area (Å²) < 4.78 is 30.1. The summed E-state index contributed by atoms with van der Waals surface area (Å²) in [5.41, 5.74) is 2.41. The Morgan fingerprint density at radius 1 is 1.11 bits per heavy atom. The van der Waals surface area contributed by atoms with Gasteiger partial charge in [0.2, 0.25) is 0 Å². The molecule has 0 aliphatic rings. The normalized spacial score (nSPS) is 11.4. The van der Waals surface area contributed by atoms with Gasteiger partial charge in [-0.25, -0.2) is 8.42 Å². The Balaban J connectivity index is 1.97. The highest BCUT2D eigenvalue weighted by atomic mass is 35.5. The molecular weight excluding hydrogens is 411 g/mol. The number of sulfonamides is 1. The number of rotatable bonds is 8. The van der Waals surface area contributed by atoms with E-state index in [2.05, 4.69) is 19.3 Å². The molecule has 6 nitrogen and oxygen atoms in total. The predicted molar refractivity (Wildman–Crippen MR) is 106 cm³/mol. The van der Waals surface area contributed by atoms with Crippen LogP contribution < -0.4 is 15.0 Å². The molecular formula is C18H20Cl2N2O4S. The number of halogens is 2. The molecule has 0 fully saturated rings. The molecule has 2 aromatic carbocycles. The van der Waals surface area contributed by atoms with E-state index in [1.165, 1.54) is 18.2 Å². The number of amides is 1. The lowest BCUT2D eigenvalue weighted by molar-refractivity contribution is 0.0945. The van der Waals surface area contributed by atoms with Crippen molar-refractivity contribution in [3.8, 4) is 5.75 Å². The van der Waals surface area contributed by atoms with Gasteiger partial charge < -0.3 is 4.74 Å². The van der Waals surface area contributed by atoms with Crippen molar-refractivity contribution in [2.24, 2.45) is 5.92 Å². The van der Waals surface area contributed by atoms with E-state index in [1.54, 1.807) is 24.3 Å². The molecule has 0 radical (unpaired) electrons. The summed E-state index contributed by atoms with van der Waals surface area (Å²) in [7, 11) is -4.07. The summed E-state index contributed by atoms with van der Waals surface area (Å²) in [6.07, 6.45) is 0.927. The van der Waals surface area contributed by atoms with E-state index in [0.717, 1.165) is 6.42 Å². The van der Waals surface area contributed by atoms with Crippen molar-refractivity contribution in [3.05, 3.63) is 58.1 Å². The maximum atomic E-state index is 12.3. The van der Waals surface area contributed by atoms with Gasteiger partial charge in [0.15, 0.2) is 0 Å². The summed E-state index contributed by atoms with van der Waals surface area (Å²) in [6.45, 7) is 4.80. The highest BCUT2D eigenvalue weighted by Crippen LogP contribution is 2.24. The maximum absolute atomic E-state index is 12.3.